The summed E-state index contributed by atoms with van der Waals surface area (Å²) in [6.45, 7) is 6.85. The highest BCUT2D eigenvalue weighted by Gasteiger charge is 2.39. The van der Waals surface area contributed by atoms with Crippen molar-refractivity contribution < 1.29 is 9.90 Å². The molecule has 2 unspecified atom stereocenters. The lowest BCUT2D eigenvalue weighted by Crippen LogP contribution is -2.51. The summed E-state index contributed by atoms with van der Waals surface area (Å²) in [5.41, 5.74) is 2.94. The molecular weight excluding hydrogens is 342 g/mol. The number of carbonyl (C=O) groups is 1. The summed E-state index contributed by atoms with van der Waals surface area (Å²) in [4.78, 5) is 17.5. The van der Waals surface area contributed by atoms with Crippen LogP contribution in [-0.4, -0.2) is 47.9 Å². The van der Waals surface area contributed by atoms with Gasteiger partial charge in [-0.25, -0.2) is 9.78 Å². The Hall–Kier alpha value is -2.83. The van der Waals surface area contributed by atoms with E-state index in [-0.39, 0.29) is 17.5 Å². The average Bonchev–Trinajstić information content (AvgIpc) is 3.29. The van der Waals surface area contributed by atoms with Crippen LogP contribution in [0.1, 0.15) is 39.7 Å². The minimum absolute atomic E-state index is 0.0244. The Morgan fingerprint density at radius 3 is 2.78 bits per heavy atom. The molecule has 4 heterocycles. The van der Waals surface area contributed by atoms with Gasteiger partial charge in [-0.05, 0) is 30.4 Å². The maximum absolute atomic E-state index is 11.6. The average molecular weight is 367 g/mol. The molecule has 3 aromatic rings. The Balaban J connectivity index is 1.58. The highest BCUT2D eigenvalue weighted by atomic mass is 16.4. The molecule has 0 spiro atoms. The Bertz CT molecular complexity index is 968. The summed E-state index contributed by atoms with van der Waals surface area (Å²) < 4.78 is 4.00. The van der Waals surface area contributed by atoms with Crippen molar-refractivity contribution in [2.75, 3.05) is 6.54 Å². The van der Waals surface area contributed by atoms with Crippen LogP contribution in [0.25, 0.3) is 16.8 Å². The summed E-state index contributed by atoms with van der Waals surface area (Å²) in [6.07, 6.45) is 10.4. The number of hydrogen-bond donors (Lipinski definition) is 1. The molecule has 1 amide bonds. The lowest BCUT2D eigenvalue weighted by Gasteiger charge is -2.44. The predicted octanol–water partition coefficient (Wildman–Crippen LogP) is 3.93. The van der Waals surface area contributed by atoms with E-state index in [2.05, 4.69) is 49.3 Å². The number of rotatable bonds is 2. The van der Waals surface area contributed by atoms with Gasteiger partial charge in [-0.3, -0.25) is 4.68 Å². The molecule has 3 aromatic heterocycles. The molecule has 0 aromatic carbocycles. The monoisotopic (exact) mass is 367 g/mol. The molecular formula is C20H25N5O2. The number of amides is 1. The fourth-order valence-electron chi connectivity index (χ4n) is 4.01. The summed E-state index contributed by atoms with van der Waals surface area (Å²) in [5, 5.41) is 14.1. The summed E-state index contributed by atoms with van der Waals surface area (Å²) in [6, 6.07) is 4.22. The topological polar surface area (TPSA) is 75.7 Å². The van der Waals surface area contributed by atoms with Crippen molar-refractivity contribution in [1.29, 1.82) is 0 Å². The Morgan fingerprint density at radius 1 is 1.22 bits per heavy atom. The summed E-state index contributed by atoms with van der Waals surface area (Å²) in [5.74, 6) is 0. The lowest BCUT2D eigenvalue weighted by molar-refractivity contribution is 0.0408. The molecule has 0 aliphatic carbocycles. The number of imidazole rings is 1. The number of hydrogen-bond acceptors (Lipinski definition) is 3. The van der Waals surface area contributed by atoms with Crippen molar-refractivity contribution in [2.45, 2.75) is 45.7 Å². The molecule has 0 radical (unpaired) electrons. The van der Waals surface area contributed by atoms with Crippen LogP contribution in [0.3, 0.4) is 0 Å². The van der Waals surface area contributed by atoms with Gasteiger partial charge in [0.2, 0.25) is 0 Å². The van der Waals surface area contributed by atoms with E-state index in [1.165, 1.54) is 0 Å². The van der Waals surface area contributed by atoms with Gasteiger partial charge in [0.05, 0.1) is 12.2 Å². The normalized spacial score (nSPS) is 20.9. The number of nitrogens with zero attached hydrogens (tertiary/aromatic N) is 5. The largest absolute Gasteiger partial charge is 0.465 e. The van der Waals surface area contributed by atoms with Crippen LogP contribution in [0.5, 0.6) is 0 Å². The first-order chi connectivity index (χ1) is 12.8. The number of aromatic nitrogens is 4. The molecule has 0 bridgehead atoms. The second kappa shape index (κ2) is 6.40. The Morgan fingerprint density at radius 2 is 2.04 bits per heavy atom. The molecule has 7 heteroatoms. The standard InChI is InChI=1S/C20H25N5O2/c1-20(2,3)17-10-16(6-8-24(17)19(26)27)25-13-15(11-22-25)14-4-5-18-21-7-9-23(18)12-14/h4-5,7,9,11-13,16-17H,6,8,10H2,1-3H3,(H,26,27). The molecule has 7 nitrogen and oxygen atoms in total. The van der Waals surface area contributed by atoms with Crippen molar-refractivity contribution >= 4 is 11.7 Å². The molecule has 142 valence electrons. The molecule has 27 heavy (non-hydrogen) atoms. The quantitative estimate of drug-likeness (QED) is 0.745. The Kier molecular flexibility index (Phi) is 4.17. The van der Waals surface area contributed by atoms with Gasteiger partial charge >= 0.3 is 6.09 Å². The molecule has 1 N–H and O–H groups in total. The number of likely N-dealkylation sites (tertiary alicyclic amines) is 1. The third-order valence-electron chi connectivity index (χ3n) is 5.52. The van der Waals surface area contributed by atoms with Gasteiger partial charge in [-0.2, -0.15) is 5.10 Å². The van der Waals surface area contributed by atoms with Gasteiger partial charge in [-0.1, -0.05) is 20.8 Å². The number of piperidine rings is 1. The number of pyridine rings is 1. The van der Waals surface area contributed by atoms with Gasteiger partial charge in [-0.15, -0.1) is 0 Å². The van der Waals surface area contributed by atoms with Gasteiger partial charge in [0.1, 0.15) is 5.65 Å². The van der Waals surface area contributed by atoms with Crippen molar-refractivity contribution in [3.63, 3.8) is 0 Å². The van der Waals surface area contributed by atoms with Crippen LogP contribution in [0.4, 0.5) is 4.79 Å². The number of fused-ring (bicyclic) bond motifs is 1. The van der Waals surface area contributed by atoms with E-state index in [1.807, 2.05) is 27.5 Å². The highest BCUT2D eigenvalue weighted by molar-refractivity contribution is 5.66. The molecule has 0 saturated carbocycles. The smallest absolute Gasteiger partial charge is 0.407 e. The maximum Gasteiger partial charge on any atom is 0.407 e. The number of carboxylic acid groups (broad SMARTS) is 1. The van der Waals surface area contributed by atoms with Crippen LogP contribution in [0.15, 0.2) is 43.1 Å². The molecule has 1 aliphatic heterocycles. The molecule has 1 aliphatic rings. The fourth-order valence-corrected chi connectivity index (χ4v) is 4.01. The fraction of sp³-hybridized carbons (Fsp3) is 0.450. The highest BCUT2D eigenvalue weighted by Crippen LogP contribution is 2.37. The zero-order chi connectivity index (χ0) is 19.2. The van der Waals surface area contributed by atoms with Crippen LogP contribution in [-0.2, 0) is 0 Å². The third-order valence-corrected chi connectivity index (χ3v) is 5.52. The van der Waals surface area contributed by atoms with Crippen LogP contribution >= 0.6 is 0 Å². The first-order valence-corrected chi connectivity index (χ1v) is 9.30. The zero-order valence-electron chi connectivity index (χ0n) is 15.9. The van der Waals surface area contributed by atoms with E-state index < -0.39 is 6.09 Å². The maximum atomic E-state index is 11.6. The predicted molar refractivity (Wildman–Crippen MR) is 103 cm³/mol. The van der Waals surface area contributed by atoms with Crippen LogP contribution < -0.4 is 0 Å². The van der Waals surface area contributed by atoms with Crippen molar-refractivity contribution in [3.8, 4) is 11.1 Å². The van der Waals surface area contributed by atoms with E-state index in [0.29, 0.717) is 6.54 Å². The molecule has 2 atom stereocenters. The van der Waals surface area contributed by atoms with E-state index >= 15 is 0 Å². The van der Waals surface area contributed by atoms with E-state index in [0.717, 1.165) is 29.6 Å². The minimum Gasteiger partial charge on any atom is -0.465 e. The van der Waals surface area contributed by atoms with Crippen LogP contribution in [0.2, 0.25) is 0 Å². The summed E-state index contributed by atoms with van der Waals surface area (Å²) in [7, 11) is 0. The molecule has 1 saturated heterocycles. The second-order valence-electron chi connectivity index (χ2n) is 8.36. The Labute approximate surface area is 158 Å². The van der Waals surface area contributed by atoms with Gasteiger partial charge in [0.15, 0.2) is 0 Å². The van der Waals surface area contributed by atoms with Gasteiger partial charge in [0.25, 0.3) is 0 Å². The first kappa shape index (κ1) is 17.6. The summed E-state index contributed by atoms with van der Waals surface area (Å²) >= 11 is 0. The van der Waals surface area contributed by atoms with Crippen molar-refractivity contribution in [2.24, 2.45) is 5.41 Å². The minimum atomic E-state index is -0.830. The zero-order valence-corrected chi connectivity index (χ0v) is 15.9. The van der Waals surface area contributed by atoms with Crippen molar-refractivity contribution in [3.05, 3.63) is 43.1 Å². The van der Waals surface area contributed by atoms with Gasteiger partial charge in [0, 0.05) is 48.5 Å². The van der Waals surface area contributed by atoms with Gasteiger partial charge < -0.3 is 14.4 Å². The van der Waals surface area contributed by atoms with Crippen LogP contribution in [0, 0.1) is 5.41 Å². The first-order valence-electron chi connectivity index (χ1n) is 9.30. The van der Waals surface area contributed by atoms with Crippen molar-refractivity contribution in [1.82, 2.24) is 24.1 Å². The van der Waals surface area contributed by atoms with E-state index in [9.17, 15) is 9.90 Å². The lowest BCUT2D eigenvalue weighted by atomic mass is 9.79. The third kappa shape index (κ3) is 3.29. The van der Waals surface area contributed by atoms with E-state index in [4.69, 9.17) is 0 Å². The second-order valence-corrected chi connectivity index (χ2v) is 8.36. The SMILES string of the molecule is CC(C)(C)C1CC(n2cc(-c3ccc4nccn4c3)cn2)CCN1C(=O)O. The molecule has 1 fully saturated rings. The molecule has 4 rings (SSSR count). The van der Waals surface area contributed by atoms with E-state index in [1.54, 1.807) is 11.1 Å².